The zero-order chi connectivity index (χ0) is 16.1. The quantitative estimate of drug-likeness (QED) is 0.670. The number of hydrogen-bond acceptors (Lipinski definition) is 3. The Kier molecular flexibility index (Phi) is 5.16. The molecule has 23 heavy (non-hydrogen) atoms. The molecule has 0 unspecified atom stereocenters. The summed E-state index contributed by atoms with van der Waals surface area (Å²) in [5, 5.41) is 4.48. The van der Waals surface area contributed by atoms with Crippen molar-refractivity contribution in [2.45, 2.75) is 19.9 Å². The van der Waals surface area contributed by atoms with Crippen LogP contribution < -0.4 is 5.32 Å². The van der Waals surface area contributed by atoms with Crippen molar-refractivity contribution in [2.75, 3.05) is 6.54 Å². The molecule has 0 atom stereocenters. The molecule has 0 aliphatic rings. The first kappa shape index (κ1) is 15.8. The van der Waals surface area contributed by atoms with E-state index in [0.717, 1.165) is 30.1 Å². The number of halogens is 1. The number of aryl methyl sites for hydroxylation is 1. The number of benzene rings is 2. The van der Waals surface area contributed by atoms with Crippen molar-refractivity contribution >= 4 is 11.3 Å². The Morgan fingerprint density at radius 3 is 2.65 bits per heavy atom. The molecule has 0 aliphatic carbocycles. The molecule has 0 bridgehead atoms. The Morgan fingerprint density at radius 1 is 1.09 bits per heavy atom. The molecule has 118 valence electrons. The summed E-state index contributed by atoms with van der Waals surface area (Å²) < 4.78 is 12.8. The number of aromatic nitrogens is 1. The zero-order valence-corrected chi connectivity index (χ0v) is 13.9. The molecule has 2 aromatic carbocycles. The van der Waals surface area contributed by atoms with Gasteiger partial charge in [-0.05, 0) is 48.7 Å². The van der Waals surface area contributed by atoms with E-state index < -0.39 is 0 Å². The number of nitrogens with zero attached hydrogens (tertiary/aromatic N) is 1. The first-order valence-electron chi connectivity index (χ1n) is 7.68. The summed E-state index contributed by atoms with van der Waals surface area (Å²) in [6, 6.07) is 15.0. The normalized spacial score (nSPS) is 10.9. The van der Waals surface area contributed by atoms with E-state index >= 15 is 0 Å². The Bertz CT molecular complexity index is 765. The smallest absolute Gasteiger partial charge is 0.123 e. The van der Waals surface area contributed by atoms with Gasteiger partial charge in [0.1, 0.15) is 10.8 Å². The van der Waals surface area contributed by atoms with Gasteiger partial charge in [0.2, 0.25) is 0 Å². The highest BCUT2D eigenvalue weighted by Crippen LogP contribution is 2.28. The molecule has 1 aromatic heterocycles. The molecule has 0 saturated heterocycles. The Balaban J connectivity index is 1.52. The van der Waals surface area contributed by atoms with Gasteiger partial charge in [0.05, 0.1) is 4.88 Å². The molecule has 1 N–H and O–H groups in total. The third-order valence-electron chi connectivity index (χ3n) is 3.74. The largest absolute Gasteiger partial charge is 0.310 e. The summed E-state index contributed by atoms with van der Waals surface area (Å²) in [5.41, 5.74) is 3.66. The molecule has 0 fully saturated rings. The lowest BCUT2D eigenvalue weighted by Gasteiger charge is -2.03. The van der Waals surface area contributed by atoms with E-state index in [1.54, 1.807) is 11.3 Å². The topological polar surface area (TPSA) is 24.9 Å². The highest BCUT2D eigenvalue weighted by molar-refractivity contribution is 7.15. The standard InChI is InChI=1S/C19H19FN2S/c1-14-4-2-3-5-17(14)18-12-22-19(23-18)13-21-11-10-15-6-8-16(20)9-7-15/h2-9,12,21H,10-11,13H2,1H3. The maximum atomic E-state index is 12.8. The van der Waals surface area contributed by atoms with Crippen LogP contribution in [0.25, 0.3) is 10.4 Å². The van der Waals surface area contributed by atoms with E-state index in [-0.39, 0.29) is 5.82 Å². The maximum absolute atomic E-state index is 12.8. The van der Waals surface area contributed by atoms with Crippen molar-refractivity contribution in [1.29, 1.82) is 0 Å². The molecule has 0 saturated carbocycles. The van der Waals surface area contributed by atoms with E-state index in [1.165, 1.54) is 28.1 Å². The van der Waals surface area contributed by atoms with Gasteiger partial charge in [-0.2, -0.15) is 0 Å². The molecule has 0 amide bonds. The van der Waals surface area contributed by atoms with Crippen LogP contribution in [0.15, 0.2) is 54.7 Å². The average Bonchev–Trinajstić information content (AvgIpc) is 3.02. The molecular weight excluding hydrogens is 307 g/mol. The summed E-state index contributed by atoms with van der Waals surface area (Å²) in [6.07, 6.45) is 2.83. The SMILES string of the molecule is Cc1ccccc1-c1cnc(CNCCc2ccc(F)cc2)s1. The van der Waals surface area contributed by atoms with E-state index in [2.05, 4.69) is 41.5 Å². The summed E-state index contributed by atoms with van der Waals surface area (Å²) in [5.74, 6) is -0.187. The first-order chi connectivity index (χ1) is 11.2. The van der Waals surface area contributed by atoms with Gasteiger partial charge in [-0.25, -0.2) is 9.37 Å². The number of rotatable bonds is 6. The summed E-state index contributed by atoms with van der Waals surface area (Å²) >= 11 is 1.73. The predicted octanol–water partition coefficient (Wildman–Crippen LogP) is 4.59. The minimum absolute atomic E-state index is 0.187. The van der Waals surface area contributed by atoms with Crippen LogP contribution in [-0.2, 0) is 13.0 Å². The highest BCUT2D eigenvalue weighted by Gasteiger charge is 2.06. The molecule has 0 radical (unpaired) electrons. The third-order valence-corrected chi connectivity index (χ3v) is 4.77. The van der Waals surface area contributed by atoms with Crippen molar-refractivity contribution < 1.29 is 4.39 Å². The average molecular weight is 326 g/mol. The minimum Gasteiger partial charge on any atom is -0.310 e. The number of hydrogen-bond donors (Lipinski definition) is 1. The van der Waals surface area contributed by atoms with Gasteiger partial charge in [0, 0.05) is 12.7 Å². The fourth-order valence-corrected chi connectivity index (χ4v) is 3.42. The second-order valence-corrected chi connectivity index (χ2v) is 6.60. The van der Waals surface area contributed by atoms with Gasteiger partial charge in [0.15, 0.2) is 0 Å². The van der Waals surface area contributed by atoms with Crippen LogP contribution in [0, 0.1) is 12.7 Å². The van der Waals surface area contributed by atoms with Crippen molar-refractivity contribution in [3.8, 4) is 10.4 Å². The third kappa shape index (κ3) is 4.24. The van der Waals surface area contributed by atoms with Crippen molar-refractivity contribution in [2.24, 2.45) is 0 Å². The molecule has 2 nitrogen and oxygen atoms in total. The summed E-state index contributed by atoms with van der Waals surface area (Å²) in [6.45, 7) is 3.73. The lowest BCUT2D eigenvalue weighted by molar-refractivity contribution is 0.626. The fourth-order valence-electron chi connectivity index (χ4n) is 2.44. The van der Waals surface area contributed by atoms with Crippen LogP contribution in [0.2, 0.25) is 0 Å². The molecule has 4 heteroatoms. The Hall–Kier alpha value is -2.04. The van der Waals surface area contributed by atoms with Gasteiger partial charge >= 0.3 is 0 Å². The molecule has 0 aliphatic heterocycles. The zero-order valence-electron chi connectivity index (χ0n) is 13.1. The Morgan fingerprint density at radius 2 is 1.87 bits per heavy atom. The second kappa shape index (κ2) is 7.49. The van der Waals surface area contributed by atoms with Crippen molar-refractivity contribution in [1.82, 2.24) is 10.3 Å². The summed E-state index contributed by atoms with van der Waals surface area (Å²) in [4.78, 5) is 5.70. The van der Waals surface area contributed by atoms with Crippen LogP contribution >= 0.6 is 11.3 Å². The lowest BCUT2D eigenvalue weighted by atomic mass is 10.1. The van der Waals surface area contributed by atoms with Gasteiger partial charge < -0.3 is 5.32 Å². The molecule has 1 heterocycles. The van der Waals surface area contributed by atoms with E-state index in [1.807, 2.05) is 18.3 Å². The van der Waals surface area contributed by atoms with Crippen LogP contribution in [0.3, 0.4) is 0 Å². The fraction of sp³-hybridized carbons (Fsp3) is 0.211. The Labute approximate surface area is 140 Å². The molecular formula is C19H19FN2S. The second-order valence-electron chi connectivity index (χ2n) is 5.49. The molecule has 3 rings (SSSR count). The van der Waals surface area contributed by atoms with E-state index in [4.69, 9.17) is 0 Å². The van der Waals surface area contributed by atoms with Gasteiger partial charge in [-0.1, -0.05) is 36.4 Å². The van der Waals surface area contributed by atoms with Crippen LogP contribution in [0.1, 0.15) is 16.1 Å². The monoisotopic (exact) mass is 326 g/mol. The highest BCUT2D eigenvalue weighted by atomic mass is 32.1. The van der Waals surface area contributed by atoms with Gasteiger partial charge in [-0.15, -0.1) is 11.3 Å². The van der Waals surface area contributed by atoms with Crippen molar-refractivity contribution in [3.63, 3.8) is 0 Å². The molecule has 0 spiro atoms. The lowest BCUT2D eigenvalue weighted by Crippen LogP contribution is -2.16. The van der Waals surface area contributed by atoms with Gasteiger partial charge in [0.25, 0.3) is 0 Å². The molecule has 3 aromatic rings. The predicted molar refractivity (Wildman–Crippen MR) is 94.1 cm³/mol. The number of thiazole rings is 1. The van der Waals surface area contributed by atoms with Crippen molar-refractivity contribution in [3.05, 3.63) is 76.7 Å². The number of nitrogens with one attached hydrogen (secondary N) is 1. The van der Waals surface area contributed by atoms with Crippen LogP contribution in [0.4, 0.5) is 4.39 Å². The first-order valence-corrected chi connectivity index (χ1v) is 8.50. The van der Waals surface area contributed by atoms with Crippen LogP contribution in [0.5, 0.6) is 0 Å². The van der Waals surface area contributed by atoms with E-state index in [9.17, 15) is 4.39 Å². The minimum atomic E-state index is -0.187. The summed E-state index contributed by atoms with van der Waals surface area (Å²) in [7, 11) is 0. The maximum Gasteiger partial charge on any atom is 0.123 e. The van der Waals surface area contributed by atoms with Crippen LogP contribution in [-0.4, -0.2) is 11.5 Å². The van der Waals surface area contributed by atoms with Gasteiger partial charge in [-0.3, -0.25) is 0 Å². The van der Waals surface area contributed by atoms with E-state index in [0.29, 0.717) is 0 Å².